The molecule has 0 atom stereocenters. The summed E-state index contributed by atoms with van der Waals surface area (Å²) in [4.78, 5) is 24.1. The van der Waals surface area contributed by atoms with Crippen LogP contribution in [-0.2, 0) is 12.0 Å². The highest BCUT2D eigenvalue weighted by molar-refractivity contribution is 5.97. The number of hydrogen-bond donors (Lipinski definition) is 2. The first-order chi connectivity index (χ1) is 16.4. The Labute approximate surface area is 202 Å². The van der Waals surface area contributed by atoms with E-state index in [1.807, 2.05) is 29.0 Å². The van der Waals surface area contributed by atoms with E-state index in [4.69, 9.17) is 4.99 Å². The van der Waals surface area contributed by atoms with Crippen molar-refractivity contribution >= 4 is 23.2 Å². The molecule has 1 spiro atoms. The van der Waals surface area contributed by atoms with Gasteiger partial charge in [-0.15, -0.1) is 0 Å². The minimum atomic E-state index is -0.194. The lowest BCUT2D eigenvalue weighted by Crippen LogP contribution is -2.54. The van der Waals surface area contributed by atoms with Crippen molar-refractivity contribution in [1.82, 2.24) is 15.1 Å². The molecular weight excluding hydrogens is 426 g/mol. The van der Waals surface area contributed by atoms with Crippen LogP contribution in [0.5, 0.6) is 0 Å². The van der Waals surface area contributed by atoms with Gasteiger partial charge in [-0.25, -0.2) is 9.79 Å². The van der Waals surface area contributed by atoms with E-state index in [1.54, 1.807) is 0 Å². The molecule has 1 saturated carbocycles. The zero-order chi connectivity index (χ0) is 23.9. The number of likely N-dealkylation sites (N-methyl/N-ethyl adjacent to an activating group) is 1. The summed E-state index contributed by atoms with van der Waals surface area (Å²) in [7, 11) is 6.29. The average molecular weight is 462 g/mol. The molecule has 180 valence electrons. The minimum absolute atomic E-state index is 0.00391. The normalized spacial score (nSPS) is 26.1. The van der Waals surface area contributed by atoms with Gasteiger partial charge in [-0.05, 0) is 63.0 Å². The number of amides is 2. The molecule has 0 unspecified atom stereocenters. The second-order valence-corrected chi connectivity index (χ2v) is 10.3. The molecule has 5 rings (SSSR count). The summed E-state index contributed by atoms with van der Waals surface area (Å²) in [6.07, 6.45) is 4.66. The number of nitrogens with one attached hydrogen (secondary N) is 1. The number of benzene rings is 2. The van der Waals surface area contributed by atoms with Gasteiger partial charge < -0.3 is 15.3 Å². The number of rotatable bonds is 5. The number of hydrogen-bond acceptors (Lipinski definition) is 5. The topological polar surface area (TPSA) is 71.4 Å². The third-order valence-electron chi connectivity index (χ3n) is 8.13. The van der Waals surface area contributed by atoms with E-state index < -0.39 is 0 Å². The quantitative estimate of drug-likeness (QED) is 0.715. The number of aliphatic hydroxyl groups excluding tert-OH is 1. The average Bonchev–Trinajstić information content (AvgIpc) is 3.41. The van der Waals surface area contributed by atoms with Crippen molar-refractivity contribution in [3.8, 4) is 0 Å². The SMILES string of the molecule is CN(CCO)C1=Nc2cc(N3CC4(CCC(c5ccccc5)(N(C)C)CC4)NC3=O)ccc2C1. The van der Waals surface area contributed by atoms with Crippen molar-refractivity contribution < 1.29 is 9.90 Å². The van der Waals surface area contributed by atoms with Gasteiger partial charge in [-0.2, -0.15) is 0 Å². The molecule has 2 aliphatic heterocycles. The van der Waals surface area contributed by atoms with Crippen LogP contribution in [0, 0.1) is 0 Å². The lowest BCUT2D eigenvalue weighted by molar-refractivity contribution is 0.0658. The highest BCUT2D eigenvalue weighted by Crippen LogP contribution is 2.46. The third-order valence-corrected chi connectivity index (χ3v) is 8.13. The predicted molar refractivity (Wildman–Crippen MR) is 136 cm³/mol. The summed E-state index contributed by atoms with van der Waals surface area (Å²) in [5, 5.41) is 12.6. The fraction of sp³-hybridized carbons (Fsp3) is 0.481. The second-order valence-electron chi connectivity index (χ2n) is 10.3. The van der Waals surface area contributed by atoms with E-state index in [2.05, 4.69) is 60.7 Å². The van der Waals surface area contributed by atoms with Gasteiger partial charge in [-0.1, -0.05) is 36.4 Å². The van der Waals surface area contributed by atoms with E-state index in [-0.39, 0.29) is 23.7 Å². The number of nitrogens with zero attached hydrogens (tertiary/aromatic N) is 4. The number of carbonyl (C=O) groups excluding carboxylic acids is 1. The number of urea groups is 1. The number of fused-ring (bicyclic) bond motifs is 1. The first-order valence-corrected chi connectivity index (χ1v) is 12.2. The highest BCUT2D eigenvalue weighted by atomic mass is 16.3. The Kier molecular flexibility index (Phi) is 5.86. The Morgan fingerprint density at radius 3 is 2.47 bits per heavy atom. The van der Waals surface area contributed by atoms with Gasteiger partial charge in [-0.3, -0.25) is 9.80 Å². The van der Waals surface area contributed by atoms with Gasteiger partial charge in [0, 0.05) is 31.2 Å². The largest absolute Gasteiger partial charge is 0.395 e. The van der Waals surface area contributed by atoms with Crippen molar-refractivity contribution in [2.24, 2.45) is 4.99 Å². The number of aliphatic imine (C=N–C) groups is 1. The summed E-state index contributed by atoms with van der Waals surface area (Å²) < 4.78 is 0. The molecule has 2 N–H and O–H groups in total. The Hall–Kier alpha value is -2.90. The molecule has 2 amide bonds. The van der Waals surface area contributed by atoms with E-state index in [9.17, 15) is 9.90 Å². The number of anilines is 1. The molecule has 0 radical (unpaired) electrons. The monoisotopic (exact) mass is 461 g/mol. The Morgan fingerprint density at radius 1 is 1.06 bits per heavy atom. The highest BCUT2D eigenvalue weighted by Gasteiger charge is 2.50. The van der Waals surface area contributed by atoms with E-state index in [0.29, 0.717) is 13.1 Å². The zero-order valence-corrected chi connectivity index (χ0v) is 20.4. The van der Waals surface area contributed by atoms with Gasteiger partial charge >= 0.3 is 6.03 Å². The van der Waals surface area contributed by atoms with Crippen molar-refractivity contribution in [2.45, 2.75) is 43.2 Å². The van der Waals surface area contributed by atoms with Gasteiger partial charge in [0.05, 0.1) is 24.4 Å². The van der Waals surface area contributed by atoms with Crippen molar-refractivity contribution in [3.05, 3.63) is 59.7 Å². The van der Waals surface area contributed by atoms with Crippen LogP contribution in [-0.4, -0.2) is 73.2 Å². The molecule has 7 nitrogen and oxygen atoms in total. The Balaban J connectivity index is 1.33. The lowest BCUT2D eigenvalue weighted by Gasteiger charge is -2.48. The van der Waals surface area contributed by atoms with Crippen LogP contribution in [0.2, 0.25) is 0 Å². The fourth-order valence-corrected chi connectivity index (χ4v) is 5.91. The predicted octanol–water partition coefficient (Wildman–Crippen LogP) is 3.50. The maximum absolute atomic E-state index is 13.1. The molecular formula is C27H35N5O2. The lowest BCUT2D eigenvalue weighted by atomic mass is 9.69. The Morgan fingerprint density at radius 2 is 1.79 bits per heavy atom. The molecule has 0 aromatic heterocycles. The van der Waals surface area contributed by atoms with Gasteiger partial charge in [0.2, 0.25) is 0 Å². The molecule has 2 aromatic rings. The van der Waals surface area contributed by atoms with Crippen molar-refractivity contribution in [2.75, 3.05) is 45.7 Å². The van der Waals surface area contributed by atoms with Gasteiger partial charge in [0.15, 0.2) is 0 Å². The molecule has 34 heavy (non-hydrogen) atoms. The minimum Gasteiger partial charge on any atom is -0.395 e. The van der Waals surface area contributed by atoms with Crippen LogP contribution in [0.15, 0.2) is 53.5 Å². The van der Waals surface area contributed by atoms with Crippen LogP contribution in [0.4, 0.5) is 16.2 Å². The van der Waals surface area contributed by atoms with Crippen LogP contribution in [0.1, 0.15) is 36.8 Å². The molecule has 1 aliphatic carbocycles. The van der Waals surface area contributed by atoms with Crippen molar-refractivity contribution in [1.29, 1.82) is 0 Å². The zero-order valence-electron chi connectivity index (χ0n) is 20.4. The molecule has 0 bridgehead atoms. The first kappa shape index (κ1) is 22.9. The van der Waals surface area contributed by atoms with E-state index >= 15 is 0 Å². The molecule has 7 heteroatoms. The maximum atomic E-state index is 13.1. The fourth-order valence-electron chi connectivity index (χ4n) is 5.91. The summed E-state index contributed by atoms with van der Waals surface area (Å²) in [6, 6.07) is 16.9. The first-order valence-electron chi connectivity index (χ1n) is 12.2. The summed E-state index contributed by atoms with van der Waals surface area (Å²) in [6.45, 7) is 1.35. The van der Waals surface area contributed by atoms with Crippen molar-refractivity contribution in [3.63, 3.8) is 0 Å². The third kappa shape index (κ3) is 3.87. The molecule has 1 saturated heterocycles. The Bertz CT molecular complexity index is 1090. The van der Waals surface area contributed by atoms with E-state index in [0.717, 1.165) is 54.9 Å². The molecule has 2 heterocycles. The maximum Gasteiger partial charge on any atom is 0.322 e. The summed E-state index contributed by atoms with van der Waals surface area (Å²) in [5.74, 6) is 0.955. The standard InChI is InChI=1S/C27H35N5O2/c1-30(2)27(21-7-5-4-6-8-21)13-11-26(12-14-27)19-32(25(34)29-26)22-10-9-20-17-24(28-23(20)18-22)31(3)15-16-33/h4-10,18,33H,11-17,19H2,1-3H3,(H,29,34). The van der Waals surface area contributed by atoms with Gasteiger partial charge in [0.25, 0.3) is 0 Å². The number of amidine groups is 1. The summed E-state index contributed by atoms with van der Waals surface area (Å²) >= 11 is 0. The molecule has 3 aliphatic rings. The smallest absolute Gasteiger partial charge is 0.322 e. The van der Waals surface area contributed by atoms with Crippen LogP contribution < -0.4 is 10.2 Å². The van der Waals surface area contributed by atoms with Crippen LogP contribution in [0.3, 0.4) is 0 Å². The number of aliphatic hydroxyl groups is 1. The van der Waals surface area contributed by atoms with Crippen LogP contribution in [0.25, 0.3) is 0 Å². The summed E-state index contributed by atoms with van der Waals surface area (Å²) in [5.41, 5.74) is 4.15. The van der Waals surface area contributed by atoms with E-state index in [1.165, 1.54) is 5.56 Å². The van der Waals surface area contributed by atoms with Gasteiger partial charge in [0.1, 0.15) is 5.84 Å². The number of carbonyl (C=O) groups is 1. The van der Waals surface area contributed by atoms with Crippen LogP contribution >= 0.6 is 0 Å². The second kappa shape index (κ2) is 8.71. The molecule has 2 fully saturated rings. The molecule has 2 aromatic carbocycles.